The Morgan fingerprint density at radius 3 is 2.36 bits per heavy atom. The summed E-state index contributed by atoms with van der Waals surface area (Å²) >= 11 is 16.2. The molecule has 2 amide bonds. The normalized spacial score (nSPS) is 14.7. The van der Waals surface area contributed by atoms with E-state index in [1.54, 1.807) is 25.1 Å². The first-order chi connectivity index (χ1) is 20.0. The Kier molecular flexibility index (Phi) is 11.0. The van der Waals surface area contributed by atoms with E-state index in [4.69, 9.17) is 23.2 Å². The van der Waals surface area contributed by atoms with Crippen LogP contribution in [0.4, 0.5) is 5.69 Å². The molecule has 0 aliphatic heterocycles. The smallest absolute Gasteiger partial charge is 0.264 e. The summed E-state index contributed by atoms with van der Waals surface area (Å²) in [5.41, 5.74) is 1.74. The highest BCUT2D eigenvalue weighted by Crippen LogP contribution is 2.33. The zero-order valence-corrected chi connectivity index (χ0v) is 27.4. The first-order valence-corrected chi connectivity index (χ1v) is 16.8. The predicted molar refractivity (Wildman–Crippen MR) is 171 cm³/mol. The van der Waals surface area contributed by atoms with E-state index >= 15 is 0 Å². The number of nitrogens with one attached hydrogen (secondary N) is 1. The lowest BCUT2D eigenvalue weighted by Gasteiger charge is -2.33. The topological polar surface area (TPSA) is 86.8 Å². The Morgan fingerprint density at radius 1 is 1.00 bits per heavy atom. The lowest BCUT2D eigenvalue weighted by Crippen LogP contribution is -2.53. The molecule has 42 heavy (non-hydrogen) atoms. The van der Waals surface area contributed by atoms with Crippen LogP contribution in [0.5, 0.6) is 0 Å². The molecule has 3 aromatic carbocycles. The Balaban J connectivity index is 1.71. The highest BCUT2D eigenvalue weighted by Gasteiger charge is 2.34. The highest BCUT2D eigenvalue weighted by molar-refractivity contribution is 9.10. The van der Waals surface area contributed by atoms with Crippen molar-refractivity contribution in [3.8, 4) is 0 Å². The monoisotopic (exact) mass is 693 g/mol. The van der Waals surface area contributed by atoms with Gasteiger partial charge in [-0.25, -0.2) is 8.42 Å². The minimum absolute atomic E-state index is 0.00132. The van der Waals surface area contributed by atoms with E-state index < -0.39 is 28.5 Å². The molecule has 7 nitrogen and oxygen atoms in total. The molecule has 0 heterocycles. The van der Waals surface area contributed by atoms with Crippen LogP contribution < -0.4 is 9.62 Å². The van der Waals surface area contributed by atoms with Crippen LogP contribution in [0.3, 0.4) is 0 Å². The fourth-order valence-electron chi connectivity index (χ4n) is 5.01. The van der Waals surface area contributed by atoms with Gasteiger partial charge in [-0.3, -0.25) is 13.9 Å². The van der Waals surface area contributed by atoms with Crippen LogP contribution in [-0.2, 0) is 26.2 Å². The number of hydrogen-bond donors (Lipinski definition) is 1. The number of amides is 2. The summed E-state index contributed by atoms with van der Waals surface area (Å²) in [6.07, 6.45) is 5.03. The Bertz CT molecular complexity index is 1530. The molecular weight excluding hydrogens is 661 g/mol. The van der Waals surface area contributed by atoms with Gasteiger partial charge in [0.2, 0.25) is 11.8 Å². The second kappa shape index (κ2) is 14.3. The SMILES string of the molecule is Cc1ccc(S(=O)(=O)N(CC(=O)N(Cc2cccc(Br)c2)[C@@H](C)C(=O)NC2CCCCC2)c2cc(Cl)ccc2Cl)cc1. The van der Waals surface area contributed by atoms with Gasteiger partial charge >= 0.3 is 0 Å². The molecule has 0 unspecified atom stereocenters. The zero-order valence-electron chi connectivity index (χ0n) is 23.5. The van der Waals surface area contributed by atoms with E-state index in [0.717, 1.165) is 52.0 Å². The third-order valence-corrected chi connectivity index (χ3v) is 10.2. The molecule has 1 aliphatic rings. The molecule has 1 fully saturated rings. The van der Waals surface area contributed by atoms with Gasteiger partial charge in [0.25, 0.3) is 10.0 Å². The summed E-state index contributed by atoms with van der Waals surface area (Å²) in [7, 11) is -4.25. The minimum atomic E-state index is -4.25. The van der Waals surface area contributed by atoms with Gasteiger partial charge in [0.05, 0.1) is 15.6 Å². The molecule has 0 spiro atoms. The molecule has 1 N–H and O–H groups in total. The third-order valence-electron chi connectivity index (χ3n) is 7.43. The van der Waals surface area contributed by atoms with E-state index in [9.17, 15) is 18.0 Å². The summed E-state index contributed by atoms with van der Waals surface area (Å²) in [5, 5.41) is 3.48. The molecule has 224 valence electrons. The lowest BCUT2D eigenvalue weighted by atomic mass is 9.95. The van der Waals surface area contributed by atoms with Crippen LogP contribution in [0.2, 0.25) is 10.0 Å². The molecule has 0 aromatic heterocycles. The van der Waals surface area contributed by atoms with Crippen molar-refractivity contribution >= 4 is 66.7 Å². The van der Waals surface area contributed by atoms with E-state index in [2.05, 4.69) is 21.2 Å². The van der Waals surface area contributed by atoms with Crippen LogP contribution in [-0.4, -0.2) is 43.8 Å². The quantitative estimate of drug-likeness (QED) is 0.245. The summed E-state index contributed by atoms with van der Waals surface area (Å²) in [6, 6.07) is 17.4. The van der Waals surface area contributed by atoms with Crippen LogP contribution in [0.1, 0.15) is 50.2 Å². The maximum Gasteiger partial charge on any atom is 0.264 e. The van der Waals surface area contributed by atoms with Crippen molar-refractivity contribution in [3.63, 3.8) is 0 Å². The van der Waals surface area contributed by atoms with Gasteiger partial charge in [-0.05, 0) is 74.7 Å². The average Bonchev–Trinajstić information content (AvgIpc) is 2.96. The van der Waals surface area contributed by atoms with Gasteiger partial charge in [0.15, 0.2) is 0 Å². The van der Waals surface area contributed by atoms with Gasteiger partial charge in [0.1, 0.15) is 12.6 Å². The summed E-state index contributed by atoms with van der Waals surface area (Å²) in [5.74, 6) is -0.841. The van der Waals surface area contributed by atoms with Crippen molar-refractivity contribution in [2.75, 3.05) is 10.8 Å². The number of sulfonamides is 1. The van der Waals surface area contributed by atoms with Crippen LogP contribution >= 0.6 is 39.1 Å². The number of carbonyl (C=O) groups excluding carboxylic acids is 2. The summed E-state index contributed by atoms with van der Waals surface area (Å²) < 4.78 is 29.8. The number of anilines is 1. The minimum Gasteiger partial charge on any atom is -0.352 e. The van der Waals surface area contributed by atoms with E-state index in [1.807, 2.05) is 31.2 Å². The molecule has 1 aliphatic carbocycles. The third kappa shape index (κ3) is 8.07. The van der Waals surface area contributed by atoms with Crippen molar-refractivity contribution in [1.29, 1.82) is 0 Å². The fourth-order valence-corrected chi connectivity index (χ4v) is 7.32. The standard InChI is InChI=1S/C31H34BrCl2N3O4S/c1-21-11-14-27(15-12-21)42(40,41)37(29-18-25(33)13-16-28(29)34)20-30(38)36(19-23-7-6-8-24(32)17-23)22(2)31(39)35-26-9-4-3-5-10-26/h6-8,11-18,22,26H,3-5,9-10,19-20H2,1-2H3,(H,35,39)/t22-/m0/s1. The van der Waals surface area contributed by atoms with Gasteiger partial charge in [-0.1, -0.05) is 88.2 Å². The molecule has 3 aromatic rings. The number of nitrogens with zero attached hydrogens (tertiary/aromatic N) is 2. The fraction of sp³-hybridized carbons (Fsp3) is 0.355. The number of rotatable bonds is 10. The van der Waals surface area contributed by atoms with E-state index in [-0.39, 0.29) is 39.1 Å². The summed E-state index contributed by atoms with van der Waals surface area (Å²) in [4.78, 5) is 29.0. The molecule has 0 radical (unpaired) electrons. The first-order valence-electron chi connectivity index (χ1n) is 13.8. The Morgan fingerprint density at radius 2 is 1.69 bits per heavy atom. The second-order valence-corrected chi connectivity index (χ2v) is 14.2. The number of halogens is 3. The Hall–Kier alpha value is -2.59. The highest BCUT2D eigenvalue weighted by atomic mass is 79.9. The molecular formula is C31H34BrCl2N3O4S. The van der Waals surface area contributed by atoms with E-state index in [0.29, 0.717) is 0 Å². The molecule has 1 saturated carbocycles. The number of carbonyl (C=O) groups is 2. The molecule has 11 heteroatoms. The van der Waals surface area contributed by atoms with Gasteiger partial charge in [-0.2, -0.15) is 0 Å². The molecule has 0 bridgehead atoms. The first kappa shape index (κ1) is 32.3. The van der Waals surface area contributed by atoms with Crippen LogP contribution in [0.15, 0.2) is 76.1 Å². The van der Waals surface area contributed by atoms with Crippen LogP contribution in [0, 0.1) is 6.92 Å². The zero-order chi connectivity index (χ0) is 30.4. The van der Waals surface area contributed by atoms with Crippen molar-refractivity contribution in [1.82, 2.24) is 10.2 Å². The number of hydrogen-bond acceptors (Lipinski definition) is 4. The van der Waals surface area contributed by atoms with E-state index in [1.165, 1.54) is 29.2 Å². The maximum atomic E-state index is 14.1. The average molecular weight is 696 g/mol. The van der Waals surface area contributed by atoms with Crippen molar-refractivity contribution in [2.24, 2.45) is 0 Å². The molecule has 0 saturated heterocycles. The lowest BCUT2D eigenvalue weighted by molar-refractivity contribution is -0.139. The van der Waals surface area contributed by atoms with Gasteiger partial charge < -0.3 is 10.2 Å². The van der Waals surface area contributed by atoms with Crippen molar-refractivity contribution < 1.29 is 18.0 Å². The largest absolute Gasteiger partial charge is 0.352 e. The van der Waals surface area contributed by atoms with Gasteiger partial charge in [-0.15, -0.1) is 0 Å². The Labute approximate surface area is 266 Å². The summed E-state index contributed by atoms with van der Waals surface area (Å²) in [6.45, 7) is 3.02. The second-order valence-electron chi connectivity index (χ2n) is 10.6. The molecule has 4 rings (SSSR count). The van der Waals surface area contributed by atoms with Crippen molar-refractivity contribution in [3.05, 3.63) is 92.4 Å². The maximum absolute atomic E-state index is 14.1. The predicted octanol–water partition coefficient (Wildman–Crippen LogP) is 7.13. The van der Waals surface area contributed by atoms with Crippen LogP contribution in [0.25, 0.3) is 0 Å². The molecule has 1 atom stereocenters. The van der Waals surface area contributed by atoms with Crippen molar-refractivity contribution in [2.45, 2.75) is 69.5 Å². The number of benzene rings is 3. The van der Waals surface area contributed by atoms with Gasteiger partial charge in [0, 0.05) is 22.1 Å². The number of aryl methyl sites for hydroxylation is 1.